The van der Waals surface area contributed by atoms with Crippen LogP contribution in [0.2, 0.25) is 5.02 Å². The number of nitrogens with one attached hydrogen (secondary N) is 1. The van der Waals surface area contributed by atoms with E-state index >= 15 is 0 Å². The Bertz CT molecular complexity index is 647. The summed E-state index contributed by atoms with van der Waals surface area (Å²) in [6, 6.07) is 15.2. The maximum atomic E-state index is 5.99. The summed E-state index contributed by atoms with van der Waals surface area (Å²) in [5.41, 5.74) is 9.62. The van der Waals surface area contributed by atoms with Gasteiger partial charge in [0.15, 0.2) is 5.11 Å². The second kappa shape index (κ2) is 7.61. The van der Waals surface area contributed by atoms with Crippen molar-refractivity contribution in [1.82, 2.24) is 5.43 Å². The van der Waals surface area contributed by atoms with Crippen molar-refractivity contribution >= 4 is 35.1 Å². The molecule has 0 amide bonds. The Morgan fingerprint density at radius 2 is 2.05 bits per heavy atom. The van der Waals surface area contributed by atoms with Gasteiger partial charge < -0.3 is 10.5 Å². The highest BCUT2D eigenvalue weighted by Gasteiger charge is 2.03. The Labute approximate surface area is 133 Å². The monoisotopic (exact) mass is 319 g/mol. The van der Waals surface area contributed by atoms with E-state index in [1.807, 2.05) is 30.3 Å². The third kappa shape index (κ3) is 5.06. The highest BCUT2D eigenvalue weighted by Crippen LogP contribution is 2.22. The number of hydrogen-bond acceptors (Lipinski definition) is 3. The summed E-state index contributed by atoms with van der Waals surface area (Å²) in [5, 5.41) is 4.61. The molecule has 0 bridgehead atoms. The predicted octanol–water partition coefficient (Wildman–Crippen LogP) is 3.09. The maximum absolute atomic E-state index is 5.99. The molecule has 0 aliphatic rings. The first-order valence-corrected chi connectivity index (χ1v) is 6.98. The number of halogens is 1. The maximum Gasteiger partial charge on any atom is 0.184 e. The number of benzene rings is 2. The van der Waals surface area contributed by atoms with Crippen LogP contribution in [0.1, 0.15) is 11.1 Å². The standard InChI is InChI=1S/C15H14ClN3OS/c16-13-6-7-14(12(8-13)9-18-19-15(17)21)20-10-11-4-2-1-3-5-11/h1-9H,10H2,(H3,17,19,21)/b18-9+. The lowest BCUT2D eigenvalue weighted by Crippen LogP contribution is -2.24. The smallest absolute Gasteiger partial charge is 0.184 e. The zero-order valence-electron chi connectivity index (χ0n) is 11.1. The number of nitrogens with zero attached hydrogens (tertiary/aromatic N) is 1. The fourth-order valence-electron chi connectivity index (χ4n) is 1.65. The van der Waals surface area contributed by atoms with Crippen LogP contribution in [0.25, 0.3) is 0 Å². The molecule has 0 fully saturated rings. The lowest BCUT2D eigenvalue weighted by atomic mass is 10.2. The topological polar surface area (TPSA) is 59.6 Å². The van der Waals surface area contributed by atoms with Gasteiger partial charge >= 0.3 is 0 Å². The number of nitrogens with two attached hydrogens (primary N) is 1. The summed E-state index contributed by atoms with van der Waals surface area (Å²) >= 11 is 10.7. The molecule has 2 aromatic rings. The van der Waals surface area contributed by atoms with Crippen molar-refractivity contribution in [1.29, 1.82) is 0 Å². The van der Waals surface area contributed by atoms with Gasteiger partial charge in [0.05, 0.1) is 6.21 Å². The first kappa shape index (κ1) is 15.3. The third-order valence-electron chi connectivity index (χ3n) is 2.59. The minimum absolute atomic E-state index is 0.0973. The molecule has 4 nitrogen and oxygen atoms in total. The molecule has 0 atom stereocenters. The van der Waals surface area contributed by atoms with E-state index in [0.29, 0.717) is 17.4 Å². The number of hydrazone groups is 1. The number of rotatable bonds is 5. The average molecular weight is 320 g/mol. The van der Waals surface area contributed by atoms with Crippen LogP contribution in [0.4, 0.5) is 0 Å². The second-order valence-corrected chi connectivity index (χ2v) is 5.07. The molecule has 0 aliphatic carbocycles. The van der Waals surface area contributed by atoms with Crippen LogP contribution in [-0.4, -0.2) is 11.3 Å². The van der Waals surface area contributed by atoms with Crippen LogP contribution in [0.5, 0.6) is 5.75 Å². The van der Waals surface area contributed by atoms with Gasteiger partial charge in [0.1, 0.15) is 12.4 Å². The van der Waals surface area contributed by atoms with Crippen molar-refractivity contribution in [3.8, 4) is 5.75 Å². The Morgan fingerprint density at radius 3 is 2.76 bits per heavy atom. The third-order valence-corrected chi connectivity index (χ3v) is 2.91. The predicted molar refractivity (Wildman–Crippen MR) is 89.7 cm³/mol. The Hall–Kier alpha value is -2.11. The molecule has 0 aliphatic heterocycles. The molecule has 0 radical (unpaired) electrons. The lowest BCUT2D eigenvalue weighted by molar-refractivity contribution is 0.306. The van der Waals surface area contributed by atoms with E-state index in [9.17, 15) is 0 Å². The van der Waals surface area contributed by atoms with Crippen LogP contribution in [0, 0.1) is 0 Å². The first-order chi connectivity index (χ1) is 10.1. The SMILES string of the molecule is NC(=S)N/N=C/c1cc(Cl)ccc1OCc1ccccc1. The summed E-state index contributed by atoms with van der Waals surface area (Å²) < 4.78 is 5.79. The van der Waals surface area contributed by atoms with Crippen molar-refractivity contribution in [3.05, 3.63) is 64.7 Å². The number of hydrogen-bond donors (Lipinski definition) is 2. The van der Waals surface area contributed by atoms with Gasteiger partial charge in [-0.15, -0.1) is 0 Å². The minimum atomic E-state index is 0.0973. The Morgan fingerprint density at radius 1 is 1.29 bits per heavy atom. The van der Waals surface area contributed by atoms with Crippen molar-refractivity contribution in [3.63, 3.8) is 0 Å². The highest BCUT2D eigenvalue weighted by atomic mass is 35.5. The molecule has 6 heteroatoms. The molecule has 0 saturated carbocycles. The van der Waals surface area contributed by atoms with Crippen LogP contribution in [-0.2, 0) is 6.61 Å². The summed E-state index contributed by atoms with van der Waals surface area (Å²) in [4.78, 5) is 0. The molecular formula is C15H14ClN3OS. The van der Waals surface area contributed by atoms with Crippen molar-refractivity contribution < 1.29 is 4.74 Å². The molecule has 2 rings (SSSR count). The normalized spacial score (nSPS) is 10.5. The van der Waals surface area contributed by atoms with Crippen molar-refractivity contribution in [2.75, 3.05) is 0 Å². The van der Waals surface area contributed by atoms with E-state index in [1.54, 1.807) is 24.4 Å². The summed E-state index contributed by atoms with van der Waals surface area (Å²) in [6.45, 7) is 0.464. The zero-order chi connectivity index (χ0) is 15.1. The molecular weight excluding hydrogens is 306 g/mol. The van der Waals surface area contributed by atoms with Gasteiger partial charge in [-0.25, -0.2) is 0 Å². The van der Waals surface area contributed by atoms with Crippen molar-refractivity contribution in [2.24, 2.45) is 10.8 Å². The van der Waals surface area contributed by atoms with Gasteiger partial charge in [0.25, 0.3) is 0 Å². The molecule has 0 unspecified atom stereocenters. The van der Waals surface area contributed by atoms with Crippen LogP contribution in [0.3, 0.4) is 0 Å². The van der Waals surface area contributed by atoms with E-state index in [-0.39, 0.29) is 5.11 Å². The first-order valence-electron chi connectivity index (χ1n) is 6.20. The molecule has 21 heavy (non-hydrogen) atoms. The minimum Gasteiger partial charge on any atom is -0.488 e. The lowest BCUT2D eigenvalue weighted by Gasteiger charge is -2.09. The van der Waals surface area contributed by atoms with Crippen LogP contribution >= 0.6 is 23.8 Å². The van der Waals surface area contributed by atoms with Gasteiger partial charge in [-0.05, 0) is 36.0 Å². The van der Waals surface area contributed by atoms with Gasteiger partial charge in [0, 0.05) is 10.6 Å². The summed E-state index contributed by atoms with van der Waals surface area (Å²) in [6.07, 6.45) is 1.56. The molecule has 2 aromatic carbocycles. The van der Waals surface area contributed by atoms with E-state index in [0.717, 1.165) is 11.1 Å². The molecule has 0 spiro atoms. The number of thiocarbonyl (C=S) groups is 1. The van der Waals surface area contributed by atoms with Gasteiger partial charge in [-0.2, -0.15) is 5.10 Å². The largest absolute Gasteiger partial charge is 0.488 e. The Kier molecular flexibility index (Phi) is 5.54. The fourth-order valence-corrected chi connectivity index (χ4v) is 1.89. The molecule has 0 heterocycles. The molecule has 3 N–H and O–H groups in total. The van der Waals surface area contributed by atoms with Crippen LogP contribution < -0.4 is 15.9 Å². The van der Waals surface area contributed by atoms with Gasteiger partial charge in [-0.3, -0.25) is 5.43 Å². The second-order valence-electron chi connectivity index (χ2n) is 4.19. The molecule has 0 aromatic heterocycles. The van der Waals surface area contributed by atoms with Crippen LogP contribution in [0.15, 0.2) is 53.6 Å². The van der Waals surface area contributed by atoms with E-state index < -0.39 is 0 Å². The number of ether oxygens (including phenoxy) is 1. The van der Waals surface area contributed by atoms with E-state index in [2.05, 4.69) is 22.7 Å². The fraction of sp³-hybridized carbons (Fsp3) is 0.0667. The Balaban J connectivity index is 2.11. The average Bonchev–Trinajstić information content (AvgIpc) is 2.47. The summed E-state index contributed by atoms with van der Waals surface area (Å²) in [7, 11) is 0. The summed E-state index contributed by atoms with van der Waals surface area (Å²) in [5.74, 6) is 0.678. The molecule has 108 valence electrons. The van der Waals surface area contributed by atoms with E-state index in [1.165, 1.54) is 0 Å². The quantitative estimate of drug-likeness (QED) is 0.505. The van der Waals surface area contributed by atoms with Gasteiger partial charge in [-0.1, -0.05) is 41.9 Å². The van der Waals surface area contributed by atoms with Gasteiger partial charge in [0.2, 0.25) is 0 Å². The zero-order valence-corrected chi connectivity index (χ0v) is 12.7. The highest BCUT2D eigenvalue weighted by molar-refractivity contribution is 7.80. The van der Waals surface area contributed by atoms with E-state index in [4.69, 9.17) is 22.1 Å². The molecule has 0 saturated heterocycles. The van der Waals surface area contributed by atoms with Crippen molar-refractivity contribution in [2.45, 2.75) is 6.61 Å².